The van der Waals surface area contributed by atoms with Crippen molar-refractivity contribution in [3.05, 3.63) is 35.9 Å². The van der Waals surface area contributed by atoms with Crippen LogP contribution in [-0.2, 0) is 4.74 Å². The molecule has 2 atom stereocenters. The van der Waals surface area contributed by atoms with Crippen LogP contribution in [0.3, 0.4) is 0 Å². The largest absolute Gasteiger partial charge is 0.385 e. The first kappa shape index (κ1) is 18.2. The Hall–Kier alpha value is -1.55. The zero-order chi connectivity index (χ0) is 17.5. The Balaban J connectivity index is 1.48. The molecule has 0 saturated heterocycles. The summed E-state index contributed by atoms with van der Waals surface area (Å²) in [5.41, 5.74) is 1.86. The lowest BCUT2D eigenvalue weighted by Crippen LogP contribution is -2.41. The number of aliphatic imine (C=N–C) groups is 1. The summed E-state index contributed by atoms with van der Waals surface area (Å²) in [6.07, 6.45) is 6.33. The number of nitrogens with zero attached hydrogens (tertiary/aromatic N) is 1. The van der Waals surface area contributed by atoms with Gasteiger partial charge in [-0.05, 0) is 55.4 Å². The van der Waals surface area contributed by atoms with Gasteiger partial charge < -0.3 is 15.4 Å². The first-order valence-electron chi connectivity index (χ1n) is 9.82. The van der Waals surface area contributed by atoms with E-state index in [1.54, 1.807) is 7.11 Å². The lowest BCUT2D eigenvalue weighted by atomic mass is 9.67. The van der Waals surface area contributed by atoms with Gasteiger partial charge in [0.15, 0.2) is 5.96 Å². The maximum absolute atomic E-state index is 5.29. The molecule has 138 valence electrons. The Bertz CT molecular complexity index is 554. The molecule has 2 unspecified atom stereocenters. The van der Waals surface area contributed by atoms with E-state index in [-0.39, 0.29) is 0 Å². The quantitative estimate of drug-likeness (QED) is 0.532. The van der Waals surface area contributed by atoms with Gasteiger partial charge in [0.05, 0.1) is 0 Å². The molecular formula is C21H33N3O. The zero-order valence-electron chi connectivity index (χ0n) is 15.8. The molecule has 1 aromatic carbocycles. The number of methoxy groups -OCH3 is 1. The highest BCUT2D eigenvalue weighted by Crippen LogP contribution is 2.47. The number of benzene rings is 1. The third-order valence-electron chi connectivity index (χ3n) is 5.85. The molecule has 0 spiro atoms. The van der Waals surface area contributed by atoms with E-state index in [9.17, 15) is 0 Å². The van der Waals surface area contributed by atoms with Crippen molar-refractivity contribution in [2.75, 3.05) is 33.4 Å². The highest BCUT2D eigenvalue weighted by Gasteiger charge is 2.38. The molecule has 0 radical (unpaired) electrons. The molecule has 0 bridgehead atoms. The van der Waals surface area contributed by atoms with Gasteiger partial charge in [0.2, 0.25) is 0 Å². The maximum atomic E-state index is 5.29. The minimum atomic E-state index is 0.379. The van der Waals surface area contributed by atoms with Gasteiger partial charge in [-0.3, -0.25) is 4.99 Å². The van der Waals surface area contributed by atoms with Gasteiger partial charge in [0.1, 0.15) is 0 Å². The van der Waals surface area contributed by atoms with E-state index in [0.29, 0.717) is 5.41 Å². The molecule has 1 aromatic rings. The highest BCUT2D eigenvalue weighted by molar-refractivity contribution is 5.79. The monoisotopic (exact) mass is 343 g/mol. The number of rotatable bonds is 9. The summed E-state index contributed by atoms with van der Waals surface area (Å²) in [7, 11) is 1.79. The van der Waals surface area contributed by atoms with Crippen LogP contribution in [0.15, 0.2) is 35.3 Å². The van der Waals surface area contributed by atoms with Crippen LogP contribution in [0.25, 0.3) is 0 Å². The van der Waals surface area contributed by atoms with E-state index in [0.717, 1.165) is 50.5 Å². The number of hydrogen-bond acceptors (Lipinski definition) is 2. The maximum Gasteiger partial charge on any atom is 0.191 e. The number of hydrogen-bond donors (Lipinski definition) is 2. The van der Waals surface area contributed by atoms with E-state index < -0.39 is 0 Å². The minimum Gasteiger partial charge on any atom is -0.385 e. The first-order chi connectivity index (χ1) is 12.3. The summed E-state index contributed by atoms with van der Waals surface area (Å²) < 4.78 is 5.29. The van der Waals surface area contributed by atoms with Gasteiger partial charge >= 0.3 is 0 Å². The van der Waals surface area contributed by atoms with Crippen LogP contribution in [0.4, 0.5) is 0 Å². The summed E-state index contributed by atoms with van der Waals surface area (Å²) in [4.78, 5) is 4.90. The Labute approximate surface area is 152 Å². The zero-order valence-corrected chi connectivity index (χ0v) is 15.8. The molecule has 0 amide bonds. The molecule has 2 saturated carbocycles. The van der Waals surface area contributed by atoms with Gasteiger partial charge in [-0.15, -0.1) is 0 Å². The van der Waals surface area contributed by atoms with Crippen LogP contribution >= 0.6 is 0 Å². The topological polar surface area (TPSA) is 45.7 Å². The Morgan fingerprint density at radius 1 is 1.24 bits per heavy atom. The molecule has 0 heterocycles. The number of nitrogens with one attached hydrogen (secondary N) is 2. The van der Waals surface area contributed by atoms with Crippen molar-refractivity contribution >= 4 is 5.96 Å². The Kier molecular flexibility index (Phi) is 6.35. The van der Waals surface area contributed by atoms with Gasteiger partial charge in [-0.1, -0.05) is 36.8 Å². The molecule has 2 N–H and O–H groups in total. The van der Waals surface area contributed by atoms with Crippen LogP contribution in [0, 0.1) is 11.3 Å². The molecule has 0 aliphatic heterocycles. The summed E-state index contributed by atoms with van der Waals surface area (Å²) in [5, 5.41) is 6.97. The van der Waals surface area contributed by atoms with Crippen molar-refractivity contribution in [1.82, 2.24) is 10.6 Å². The standard InChI is InChI=1S/C21H33N3O/c1-3-22-20(24-16-21(10-7-11-21)12-13-25-2)23-15-18-14-19(18)17-8-5-4-6-9-17/h4-6,8-9,18-19H,3,7,10-16H2,1-2H3,(H2,22,23,24). The summed E-state index contributed by atoms with van der Waals surface area (Å²) in [6, 6.07) is 10.9. The average Bonchev–Trinajstić information content (AvgIpc) is 3.39. The fraction of sp³-hybridized carbons (Fsp3) is 0.667. The van der Waals surface area contributed by atoms with Crippen LogP contribution < -0.4 is 10.6 Å². The van der Waals surface area contributed by atoms with Crippen LogP contribution in [-0.4, -0.2) is 39.3 Å². The summed E-state index contributed by atoms with van der Waals surface area (Å²) >= 11 is 0. The van der Waals surface area contributed by atoms with E-state index in [1.165, 1.54) is 31.2 Å². The molecule has 3 rings (SSSR count). The predicted molar refractivity (Wildman–Crippen MR) is 104 cm³/mol. The second-order valence-electron chi connectivity index (χ2n) is 7.69. The normalized spacial score (nSPS) is 24.5. The molecule has 0 aromatic heterocycles. The van der Waals surface area contributed by atoms with E-state index in [4.69, 9.17) is 9.73 Å². The van der Waals surface area contributed by atoms with E-state index in [2.05, 4.69) is 47.9 Å². The van der Waals surface area contributed by atoms with Crippen molar-refractivity contribution in [2.24, 2.45) is 16.3 Å². The Morgan fingerprint density at radius 3 is 2.68 bits per heavy atom. The molecule has 2 aliphatic rings. The third-order valence-corrected chi connectivity index (χ3v) is 5.85. The van der Waals surface area contributed by atoms with Gasteiger partial charge in [-0.2, -0.15) is 0 Å². The molecule has 2 fully saturated rings. The van der Waals surface area contributed by atoms with Crippen LogP contribution in [0.5, 0.6) is 0 Å². The highest BCUT2D eigenvalue weighted by atomic mass is 16.5. The third kappa shape index (κ3) is 4.97. The average molecular weight is 344 g/mol. The van der Waals surface area contributed by atoms with Crippen molar-refractivity contribution < 1.29 is 4.74 Å². The van der Waals surface area contributed by atoms with Crippen molar-refractivity contribution in [1.29, 1.82) is 0 Å². The summed E-state index contributed by atoms with van der Waals surface area (Å²) in [6.45, 7) is 5.81. The van der Waals surface area contributed by atoms with E-state index in [1.807, 2.05) is 0 Å². The SMILES string of the molecule is CCNC(=NCC1(CCOC)CCC1)NCC1CC1c1ccccc1. The molecular weight excluding hydrogens is 310 g/mol. The molecule has 25 heavy (non-hydrogen) atoms. The van der Waals surface area contributed by atoms with Crippen LogP contribution in [0.1, 0.15) is 50.5 Å². The van der Waals surface area contributed by atoms with Crippen molar-refractivity contribution in [3.8, 4) is 0 Å². The first-order valence-corrected chi connectivity index (χ1v) is 9.82. The van der Waals surface area contributed by atoms with Gasteiger partial charge in [-0.25, -0.2) is 0 Å². The summed E-state index contributed by atoms with van der Waals surface area (Å²) in [5.74, 6) is 2.43. The second kappa shape index (κ2) is 8.70. The smallest absolute Gasteiger partial charge is 0.191 e. The van der Waals surface area contributed by atoms with Crippen molar-refractivity contribution in [3.63, 3.8) is 0 Å². The molecule has 2 aliphatic carbocycles. The lowest BCUT2D eigenvalue weighted by molar-refractivity contribution is 0.0778. The number of guanidine groups is 1. The fourth-order valence-corrected chi connectivity index (χ4v) is 3.88. The molecule has 4 nitrogen and oxygen atoms in total. The fourth-order valence-electron chi connectivity index (χ4n) is 3.88. The van der Waals surface area contributed by atoms with Gasteiger partial charge in [0.25, 0.3) is 0 Å². The van der Waals surface area contributed by atoms with Crippen LogP contribution in [0.2, 0.25) is 0 Å². The number of ether oxygens (including phenoxy) is 1. The van der Waals surface area contributed by atoms with E-state index >= 15 is 0 Å². The van der Waals surface area contributed by atoms with Gasteiger partial charge in [0, 0.05) is 33.4 Å². The second-order valence-corrected chi connectivity index (χ2v) is 7.69. The Morgan fingerprint density at radius 2 is 2.04 bits per heavy atom. The lowest BCUT2D eigenvalue weighted by Gasteiger charge is -2.40. The molecule has 4 heteroatoms. The van der Waals surface area contributed by atoms with Crippen molar-refractivity contribution in [2.45, 2.75) is 44.9 Å². The minimum absolute atomic E-state index is 0.379. The predicted octanol–water partition coefficient (Wildman–Crippen LogP) is 3.55.